The van der Waals surface area contributed by atoms with Gasteiger partial charge in [0, 0.05) is 0 Å². The van der Waals surface area contributed by atoms with Crippen molar-refractivity contribution < 1.29 is 4.39 Å². The Hall–Kier alpha value is -2.35. The SMILES string of the molecule is Nc1c(N=O)c(=O)[nH][14c](=S)n1Cc1ccc(F)cc1. The molecule has 2 rings (SSSR count). The number of hydrogen-bond acceptors (Lipinski definition) is 5. The van der Waals surface area contributed by atoms with E-state index in [0.717, 1.165) is 0 Å². The van der Waals surface area contributed by atoms with Crippen LogP contribution in [0.25, 0.3) is 0 Å². The van der Waals surface area contributed by atoms with E-state index in [9.17, 15) is 14.1 Å². The Bertz CT molecular complexity index is 736. The summed E-state index contributed by atoms with van der Waals surface area (Å²) in [5.41, 5.74) is 5.25. The van der Waals surface area contributed by atoms with Crippen molar-refractivity contribution in [2.75, 3.05) is 5.73 Å². The molecule has 0 atom stereocenters. The summed E-state index contributed by atoms with van der Waals surface area (Å²) in [5.74, 6) is -0.481. The highest BCUT2D eigenvalue weighted by molar-refractivity contribution is 7.71. The number of aromatic amines is 1. The van der Waals surface area contributed by atoms with E-state index >= 15 is 0 Å². The van der Waals surface area contributed by atoms with Crippen molar-refractivity contribution >= 4 is 23.7 Å². The summed E-state index contributed by atoms with van der Waals surface area (Å²) in [4.78, 5) is 24.2. The number of nitrogens with zero attached hydrogens (tertiary/aromatic N) is 2. The van der Waals surface area contributed by atoms with Gasteiger partial charge in [0.1, 0.15) is 11.6 Å². The quantitative estimate of drug-likeness (QED) is 0.665. The number of hydrogen-bond donors (Lipinski definition) is 2. The lowest BCUT2D eigenvalue weighted by Crippen LogP contribution is -2.18. The summed E-state index contributed by atoms with van der Waals surface area (Å²) in [6, 6.07) is 5.69. The maximum atomic E-state index is 12.8. The molecule has 19 heavy (non-hydrogen) atoms. The van der Waals surface area contributed by atoms with Gasteiger partial charge in [0.15, 0.2) is 4.77 Å². The topological polar surface area (TPSA) is 93.2 Å². The number of benzene rings is 1. The van der Waals surface area contributed by atoms with Crippen LogP contribution in [0.5, 0.6) is 0 Å². The molecule has 0 aliphatic heterocycles. The van der Waals surface area contributed by atoms with E-state index in [1.807, 2.05) is 0 Å². The van der Waals surface area contributed by atoms with Crippen molar-refractivity contribution in [1.82, 2.24) is 9.55 Å². The van der Waals surface area contributed by atoms with Gasteiger partial charge in [0.05, 0.1) is 6.54 Å². The van der Waals surface area contributed by atoms with Gasteiger partial charge in [-0.15, -0.1) is 4.91 Å². The average molecular weight is 282 g/mol. The summed E-state index contributed by atoms with van der Waals surface area (Å²) >= 11 is 4.97. The van der Waals surface area contributed by atoms with Crippen LogP contribution in [0.3, 0.4) is 0 Å². The fraction of sp³-hybridized carbons (Fsp3) is 0.0909. The minimum atomic E-state index is -0.729. The molecular formula is C11H9FN4O2S. The fourth-order valence-electron chi connectivity index (χ4n) is 1.59. The molecule has 0 fully saturated rings. The molecule has 0 unspecified atom stereocenters. The van der Waals surface area contributed by atoms with Gasteiger partial charge < -0.3 is 5.73 Å². The molecule has 0 spiro atoms. The molecule has 0 aliphatic rings. The number of halogens is 1. The van der Waals surface area contributed by atoms with E-state index < -0.39 is 11.2 Å². The van der Waals surface area contributed by atoms with Crippen molar-refractivity contribution in [2.45, 2.75) is 6.54 Å². The lowest BCUT2D eigenvalue weighted by molar-refractivity contribution is 0.626. The standard InChI is InChI=1S/C11H9FN4O2S/c12-7-3-1-6(2-4-7)5-16-9(13)8(15-18)10(17)14-11(16)19/h1-4H,5,13H2,(H,14,17,19)/i11+2. The van der Waals surface area contributed by atoms with Gasteiger partial charge >= 0.3 is 0 Å². The van der Waals surface area contributed by atoms with Crippen LogP contribution in [0.2, 0.25) is 0 Å². The Kier molecular flexibility index (Phi) is 3.52. The first-order chi connectivity index (χ1) is 9.02. The van der Waals surface area contributed by atoms with Crippen LogP contribution in [0.1, 0.15) is 5.56 Å². The summed E-state index contributed by atoms with van der Waals surface area (Å²) < 4.78 is 14.2. The number of nitroso groups, excluding NO2 is 1. The Labute approximate surface area is 111 Å². The van der Waals surface area contributed by atoms with Crippen LogP contribution in [0.4, 0.5) is 15.9 Å². The second-order valence-corrected chi connectivity index (χ2v) is 4.18. The summed E-state index contributed by atoms with van der Waals surface area (Å²) in [5, 5.41) is 2.58. The van der Waals surface area contributed by atoms with Crippen molar-refractivity contribution in [3.8, 4) is 0 Å². The molecule has 0 bridgehead atoms. The Morgan fingerprint density at radius 2 is 2.05 bits per heavy atom. The predicted octanol–water partition coefficient (Wildman–Crippen LogP) is 2.07. The third-order valence-corrected chi connectivity index (χ3v) is 2.88. The lowest BCUT2D eigenvalue weighted by atomic mass is 10.2. The normalized spacial score (nSPS) is 10.4. The fourth-order valence-corrected chi connectivity index (χ4v) is 1.85. The van der Waals surface area contributed by atoms with E-state index in [0.29, 0.717) is 5.56 Å². The zero-order valence-electron chi connectivity index (χ0n) is 9.59. The maximum Gasteiger partial charge on any atom is 0.283 e. The lowest BCUT2D eigenvalue weighted by Gasteiger charge is -2.11. The third-order valence-electron chi connectivity index (χ3n) is 2.56. The van der Waals surface area contributed by atoms with Crippen LogP contribution in [0.15, 0.2) is 34.2 Å². The van der Waals surface area contributed by atoms with Gasteiger partial charge in [0.25, 0.3) is 5.56 Å². The van der Waals surface area contributed by atoms with E-state index in [2.05, 4.69) is 10.2 Å². The van der Waals surface area contributed by atoms with E-state index in [4.69, 9.17) is 18.0 Å². The molecule has 6 nitrogen and oxygen atoms in total. The molecule has 0 saturated heterocycles. The molecule has 8 heteroatoms. The molecule has 0 saturated carbocycles. The molecule has 0 radical (unpaired) electrons. The molecule has 98 valence electrons. The highest BCUT2D eigenvalue weighted by Crippen LogP contribution is 2.17. The minimum Gasteiger partial charge on any atom is -0.383 e. The first kappa shape index (κ1) is 13.1. The van der Waals surface area contributed by atoms with Gasteiger partial charge in [-0.25, -0.2) is 4.39 Å². The molecule has 1 heterocycles. The molecule has 0 aliphatic carbocycles. The Morgan fingerprint density at radius 3 is 2.63 bits per heavy atom. The van der Waals surface area contributed by atoms with Crippen molar-refractivity contribution in [1.29, 1.82) is 0 Å². The number of nitrogens with one attached hydrogen (secondary N) is 1. The van der Waals surface area contributed by atoms with Crippen LogP contribution < -0.4 is 11.3 Å². The molecule has 2 aromatic rings. The number of nitrogen functional groups attached to an aromatic ring is 1. The van der Waals surface area contributed by atoms with Gasteiger partial charge in [-0.1, -0.05) is 12.1 Å². The number of H-pyrrole nitrogens is 1. The van der Waals surface area contributed by atoms with E-state index in [-0.39, 0.29) is 23.0 Å². The molecule has 0 amide bonds. The van der Waals surface area contributed by atoms with Gasteiger partial charge in [0.2, 0.25) is 5.69 Å². The van der Waals surface area contributed by atoms with Crippen molar-refractivity contribution in [3.05, 3.63) is 55.7 Å². The monoisotopic (exact) mass is 282 g/mol. The largest absolute Gasteiger partial charge is 0.383 e. The third kappa shape index (κ3) is 2.58. The van der Waals surface area contributed by atoms with E-state index in [1.165, 1.54) is 16.7 Å². The predicted molar refractivity (Wildman–Crippen MR) is 71.3 cm³/mol. The maximum absolute atomic E-state index is 12.8. The zero-order valence-corrected chi connectivity index (χ0v) is 10.4. The van der Waals surface area contributed by atoms with Crippen LogP contribution in [0, 0.1) is 15.5 Å². The first-order valence-corrected chi connectivity index (χ1v) is 5.64. The van der Waals surface area contributed by atoms with Gasteiger partial charge in [-0.2, -0.15) is 0 Å². The second kappa shape index (κ2) is 5.11. The van der Waals surface area contributed by atoms with E-state index in [1.54, 1.807) is 12.1 Å². The van der Waals surface area contributed by atoms with Crippen LogP contribution in [-0.2, 0) is 6.54 Å². The number of rotatable bonds is 3. The zero-order chi connectivity index (χ0) is 14.0. The number of anilines is 1. The summed E-state index contributed by atoms with van der Waals surface area (Å²) in [6.45, 7) is 0.199. The molecular weight excluding hydrogens is 273 g/mol. The molecule has 1 aromatic carbocycles. The highest BCUT2D eigenvalue weighted by Gasteiger charge is 2.11. The summed E-state index contributed by atoms with van der Waals surface area (Å²) in [6.07, 6.45) is 0. The number of nitrogens with two attached hydrogens (primary N) is 1. The smallest absolute Gasteiger partial charge is 0.283 e. The minimum absolute atomic E-state index is 0.0687. The van der Waals surface area contributed by atoms with Gasteiger partial charge in [-0.05, 0) is 35.1 Å². The van der Waals surface area contributed by atoms with Gasteiger partial charge in [-0.3, -0.25) is 14.3 Å². The second-order valence-electron chi connectivity index (χ2n) is 3.80. The number of aromatic nitrogens is 2. The first-order valence-electron chi connectivity index (χ1n) is 5.23. The molecule has 3 N–H and O–H groups in total. The van der Waals surface area contributed by atoms with Crippen LogP contribution in [-0.4, -0.2) is 9.55 Å². The van der Waals surface area contributed by atoms with Crippen molar-refractivity contribution in [3.63, 3.8) is 0 Å². The Balaban J connectivity index is 2.51. The highest BCUT2D eigenvalue weighted by atomic mass is 32.1. The average Bonchev–Trinajstić information content (AvgIpc) is 2.37. The molecule has 1 aromatic heterocycles. The van der Waals surface area contributed by atoms with Crippen LogP contribution >= 0.6 is 12.2 Å². The van der Waals surface area contributed by atoms with Crippen molar-refractivity contribution in [2.24, 2.45) is 5.18 Å². The Morgan fingerprint density at radius 1 is 1.42 bits per heavy atom. The summed E-state index contributed by atoms with van der Waals surface area (Å²) in [7, 11) is 0.